The number of aryl methyl sites for hydroxylation is 1. The maximum Gasteiger partial charge on any atom is 0.255 e. The van der Waals surface area contributed by atoms with E-state index in [0.29, 0.717) is 33.8 Å². The molecule has 3 fully saturated rings. The number of nitrogens with zero attached hydrogens (tertiary/aromatic N) is 1. The topological polar surface area (TPSA) is 66.5 Å². The van der Waals surface area contributed by atoms with E-state index in [-0.39, 0.29) is 41.4 Å². The predicted octanol–water partition coefficient (Wildman–Crippen LogP) is 4.46. The fourth-order valence-corrected chi connectivity index (χ4v) is 6.03. The van der Waals surface area contributed by atoms with Crippen molar-refractivity contribution in [2.75, 3.05) is 10.2 Å². The van der Waals surface area contributed by atoms with Crippen molar-refractivity contribution < 1.29 is 14.4 Å². The third-order valence-electron chi connectivity index (χ3n) is 7.48. The molecule has 1 heterocycles. The monoisotopic (exact) mass is 432 g/mol. The lowest BCUT2D eigenvalue weighted by molar-refractivity contribution is -0.124. The minimum atomic E-state index is -0.276. The van der Waals surface area contributed by atoms with Crippen LogP contribution in [0.3, 0.4) is 0 Å². The Bertz CT molecular complexity index is 1140. The third kappa shape index (κ3) is 2.72. The summed E-state index contributed by atoms with van der Waals surface area (Å²) in [6.07, 6.45) is 5.48. The van der Waals surface area contributed by atoms with Crippen molar-refractivity contribution in [3.63, 3.8) is 0 Å². The van der Waals surface area contributed by atoms with E-state index in [9.17, 15) is 14.4 Å². The van der Waals surface area contributed by atoms with Gasteiger partial charge in [0, 0.05) is 16.3 Å². The van der Waals surface area contributed by atoms with Gasteiger partial charge in [0.25, 0.3) is 5.91 Å². The van der Waals surface area contributed by atoms with Crippen molar-refractivity contribution >= 4 is 40.7 Å². The first-order valence-corrected chi connectivity index (χ1v) is 11.1. The van der Waals surface area contributed by atoms with Gasteiger partial charge in [0.1, 0.15) is 0 Å². The van der Waals surface area contributed by atoms with Crippen molar-refractivity contribution in [1.82, 2.24) is 0 Å². The highest BCUT2D eigenvalue weighted by molar-refractivity contribution is 6.31. The van der Waals surface area contributed by atoms with Gasteiger partial charge in [0.2, 0.25) is 11.8 Å². The van der Waals surface area contributed by atoms with Gasteiger partial charge in [-0.2, -0.15) is 0 Å². The van der Waals surface area contributed by atoms with Crippen molar-refractivity contribution in [1.29, 1.82) is 0 Å². The second-order valence-electron chi connectivity index (χ2n) is 9.13. The number of hydrogen-bond acceptors (Lipinski definition) is 3. The van der Waals surface area contributed by atoms with Gasteiger partial charge < -0.3 is 5.32 Å². The fraction of sp³-hybridized carbons (Fsp3) is 0.320. The molecule has 4 aliphatic carbocycles. The van der Waals surface area contributed by atoms with Gasteiger partial charge in [-0.25, -0.2) is 0 Å². The lowest BCUT2D eigenvalue weighted by Gasteiger charge is -2.37. The van der Waals surface area contributed by atoms with Crippen LogP contribution in [0.25, 0.3) is 0 Å². The summed E-state index contributed by atoms with van der Waals surface area (Å²) >= 11 is 6.13. The second-order valence-corrected chi connectivity index (χ2v) is 9.54. The van der Waals surface area contributed by atoms with Crippen LogP contribution in [-0.2, 0) is 9.59 Å². The van der Waals surface area contributed by atoms with Crippen LogP contribution < -0.4 is 10.2 Å². The fourth-order valence-electron chi connectivity index (χ4n) is 5.85. The SMILES string of the molecule is Cc1ccc(NC(=O)c2ccc(N3C(=O)[C@@H]4[C@H]5C=C[C@@H]([C@@H]6C[C@@H]56)[C@@H]4C3=O)cc2)cc1Cl. The van der Waals surface area contributed by atoms with Gasteiger partial charge in [0.05, 0.1) is 17.5 Å². The molecule has 0 unspecified atom stereocenters. The number of nitrogens with one attached hydrogen (secondary N) is 1. The molecule has 2 bridgehead atoms. The predicted molar refractivity (Wildman–Crippen MR) is 118 cm³/mol. The molecule has 31 heavy (non-hydrogen) atoms. The number of anilines is 2. The summed E-state index contributed by atoms with van der Waals surface area (Å²) in [7, 11) is 0. The van der Waals surface area contributed by atoms with E-state index in [2.05, 4.69) is 17.5 Å². The number of halogens is 1. The number of hydrogen-bond donors (Lipinski definition) is 1. The van der Waals surface area contributed by atoms with Crippen LogP contribution in [0.1, 0.15) is 22.3 Å². The van der Waals surface area contributed by atoms with Crippen LogP contribution in [0, 0.1) is 42.4 Å². The Labute approximate surface area is 185 Å². The Morgan fingerprint density at radius 2 is 1.58 bits per heavy atom. The highest BCUT2D eigenvalue weighted by Gasteiger charge is 2.67. The second kappa shape index (κ2) is 6.54. The van der Waals surface area contributed by atoms with Crippen LogP contribution >= 0.6 is 11.6 Å². The number of carbonyl (C=O) groups is 3. The average Bonchev–Trinajstić information content (AvgIpc) is 3.54. The van der Waals surface area contributed by atoms with Gasteiger partial charge in [-0.05, 0) is 79.0 Å². The molecular weight excluding hydrogens is 412 g/mol. The van der Waals surface area contributed by atoms with E-state index in [0.717, 1.165) is 12.0 Å². The molecule has 5 aliphatic rings. The Morgan fingerprint density at radius 1 is 0.968 bits per heavy atom. The van der Waals surface area contributed by atoms with E-state index >= 15 is 0 Å². The first-order valence-electron chi connectivity index (χ1n) is 10.7. The van der Waals surface area contributed by atoms with E-state index in [1.54, 1.807) is 36.4 Å². The van der Waals surface area contributed by atoms with Crippen molar-refractivity contribution in [3.05, 3.63) is 70.8 Å². The number of imide groups is 1. The number of carbonyl (C=O) groups excluding carboxylic acids is 3. The molecule has 3 amide bonds. The molecular formula is C25H21ClN2O3. The van der Waals surface area contributed by atoms with Gasteiger partial charge in [-0.1, -0.05) is 29.8 Å². The van der Waals surface area contributed by atoms with Gasteiger partial charge in [-0.3, -0.25) is 19.3 Å². The summed E-state index contributed by atoms with van der Waals surface area (Å²) in [6.45, 7) is 1.90. The zero-order chi connectivity index (χ0) is 21.4. The van der Waals surface area contributed by atoms with E-state index in [4.69, 9.17) is 11.6 Å². The molecule has 2 saturated carbocycles. The van der Waals surface area contributed by atoms with E-state index in [1.165, 1.54) is 4.90 Å². The minimum absolute atomic E-state index is 0.0915. The summed E-state index contributed by atoms with van der Waals surface area (Å²) in [5.41, 5.74) is 2.53. The maximum atomic E-state index is 13.2. The first kappa shape index (κ1) is 18.8. The Morgan fingerprint density at radius 3 is 2.16 bits per heavy atom. The number of allylic oxidation sites excluding steroid dienone is 2. The highest BCUT2D eigenvalue weighted by Crippen LogP contribution is 2.65. The number of amides is 3. The molecule has 2 aromatic rings. The molecule has 1 N–H and O–H groups in total. The van der Waals surface area contributed by atoms with Crippen LogP contribution in [0.2, 0.25) is 5.02 Å². The van der Waals surface area contributed by atoms with Crippen molar-refractivity contribution in [3.8, 4) is 0 Å². The zero-order valence-corrected chi connectivity index (χ0v) is 17.7. The first-order chi connectivity index (χ1) is 14.9. The standard InChI is InChI=1S/C25H21ClN2O3/c1-12-2-5-14(10-20(12)26)27-23(29)13-3-6-15(7-4-13)28-24(30)21-16-8-9-17(19-11-18(16)19)22(21)25(28)31/h2-10,16-19,21-22H,11H2,1H3,(H,27,29)/t16-,17-,18-,19-,21-,22+/m0/s1. The molecule has 2 aromatic carbocycles. The smallest absolute Gasteiger partial charge is 0.255 e. The van der Waals surface area contributed by atoms with Gasteiger partial charge in [-0.15, -0.1) is 0 Å². The quantitative estimate of drug-likeness (QED) is 0.575. The Balaban J connectivity index is 1.22. The molecule has 1 saturated heterocycles. The van der Waals surface area contributed by atoms with Crippen LogP contribution in [0.4, 0.5) is 11.4 Å². The Hall–Kier alpha value is -2.92. The zero-order valence-electron chi connectivity index (χ0n) is 16.9. The molecule has 0 radical (unpaired) electrons. The third-order valence-corrected chi connectivity index (χ3v) is 7.89. The van der Waals surface area contributed by atoms with Gasteiger partial charge >= 0.3 is 0 Å². The lowest BCUT2D eigenvalue weighted by Crippen LogP contribution is -2.40. The average molecular weight is 433 g/mol. The molecule has 6 heteroatoms. The van der Waals surface area contributed by atoms with E-state index < -0.39 is 0 Å². The molecule has 0 aromatic heterocycles. The molecule has 0 spiro atoms. The summed E-state index contributed by atoms with van der Waals surface area (Å²) in [6, 6.07) is 12.0. The summed E-state index contributed by atoms with van der Waals surface area (Å²) in [4.78, 5) is 40.4. The maximum absolute atomic E-state index is 13.2. The van der Waals surface area contributed by atoms with E-state index in [1.807, 2.05) is 13.0 Å². The molecule has 5 nitrogen and oxygen atoms in total. The van der Waals surface area contributed by atoms with Crippen LogP contribution in [0.5, 0.6) is 0 Å². The van der Waals surface area contributed by atoms with Gasteiger partial charge in [0.15, 0.2) is 0 Å². The molecule has 156 valence electrons. The molecule has 6 atom stereocenters. The summed E-state index contributed by atoms with van der Waals surface area (Å²) < 4.78 is 0. The highest BCUT2D eigenvalue weighted by atomic mass is 35.5. The summed E-state index contributed by atoms with van der Waals surface area (Å²) in [5.74, 6) is 0.657. The minimum Gasteiger partial charge on any atom is -0.322 e. The van der Waals surface area contributed by atoms with Crippen LogP contribution in [0.15, 0.2) is 54.6 Å². The lowest BCUT2D eigenvalue weighted by atomic mass is 9.63. The number of benzene rings is 2. The van der Waals surface area contributed by atoms with Crippen LogP contribution in [-0.4, -0.2) is 17.7 Å². The Kier molecular flexibility index (Phi) is 3.97. The number of rotatable bonds is 3. The molecule has 7 rings (SSSR count). The van der Waals surface area contributed by atoms with Crippen molar-refractivity contribution in [2.24, 2.45) is 35.5 Å². The largest absolute Gasteiger partial charge is 0.322 e. The normalized spacial score (nSPS) is 32.1. The summed E-state index contributed by atoms with van der Waals surface area (Å²) in [5, 5.41) is 3.41. The molecule has 1 aliphatic heterocycles. The van der Waals surface area contributed by atoms with Crippen molar-refractivity contribution in [2.45, 2.75) is 13.3 Å².